The van der Waals surface area contributed by atoms with Crippen molar-refractivity contribution in [3.8, 4) is 5.75 Å². The van der Waals surface area contributed by atoms with Crippen molar-refractivity contribution in [1.82, 2.24) is 9.55 Å². The molecule has 0 saturated carbocycles. The van der Waals surface area contributed by atoms with Gasteiger partial charge in [0.15, 0.2) is 5.13 Å². The minimum atomic E-state index is -0.688. The standard InChI is InChI=1S/C18H12BrN3O3S/c1-22-12-5-3-2-4-10(12)15(23)14(17(22)25)16(24)21-18-20-11-7-6-9(19)8-13(11)26-18/h2-8,23H,1H3,(H,20,21,24). The number of benzene rings is 2. The van der Waals surface area contributed by atoms with Crippen LogP contribution in [0.15, 0.2) is 51.7 Å². The van der Waals surface area contributed by atoms with E-state index in [1.165, 1.54) is 15.9 Å². The normalized spacial score (nSPS) is 11.2. The van der Waals surface area contributed by atoms with Crippen LogP contribution in [0.25, 0.3) is 21.1 Å². The zero-order valence-electron chi connectivity index (χ0n) is 13.5. The lowest BCUT2D eigenvalue weighted by Crippen LogP contribution is -2.28. The first-order valence-electron chi connectivity index (χ1n) is 7.64. The van der Waals surface area contributed by atoms with Crippen molar-refractivity contribution in [3.05, 3.63) is 62.9 Å². The summed E-state index contributed by atoms with van der Waals surface area (Å²) in [6, 6.07) is 12.5. The molecule has 8 heteroatoms. The molecule has 0 aliphatic rings. The van der Waals surface area contributed by atoms with Crippen LogP contribution in [0.3, 0.4) is 0 Å². The Morgan fingerprint density at radius 1 is 1.27 bits per heavy atom. The second kappa shape index (κ2) is 6.22. The molecule has 2 aromatic carbocycles. The third-order valence-electron chi connectivity index (χ3n) is 4.07. The molecule has 2 aromatic heterocycles. The van der Waals surface area contributed by atoms with E-state index in [1.807, 2.05) is 18.2 Å². The lowest BCUT2D eigenvalue weighted by molar-refractivity contribution is 0.102. The maximum Gasteiger partial charge on any atom is 0.267 e. The van der Waals surface area contributed by atoms with Gasteiger partial charge in [-0.1, -0.05) is 39.4 Å². The van der Waals surface area contributed by atoms with Crippen LogP contribution in [0.4, 0.5) is 5.13 Å². The third-order valence-corrected chi connectivity index (χ3v) is 5.50. The third kappa shape index (κ3) is 2.67. The van der Waals surface area contributed by atoms with Crippen molar-refractivity contribution in [2.75, 3.05) is 5.32 Å². The number of para-hydroxylation sites is 1. The van der Waals surface area contributed by atoms with Gasteiger partial charge in [0.05, 0.1) is 15.7 Å². The van der Waals surface area contributed by atoms with Crippen LogP contribution in [0, 0.1) is 0 Å². The number of anilines is 1. The van der Waals surface area contributed by atoms with Gasteiger partial charge >= 0.3 is 0 Å². The summed E-state index contributed by atoms with van der Waals surface area (Å²) in [7, 11) is 1.57. The van der Waals surface area contributed by atoms with Crippen molar-refractivity contribution >= 4 is 59.4 Å². The lowest BCUT2D eigenvalue weighted by atomic mass is 10.1. The Hall–Kier alpha value is -2.71. The number of aromatic nitrogens is 2. The number of hydrogen-bond acceptors (Lipinski definition) is 5. The summed E-state index contributed by atoms with van der Waals surface area (Å²) in [5, 5.41) is 13.9. The number of carbonyl (C=O) groups excluding carboxylic acids is 1. The molecular formula is C18H12BrN3O3S. The smallest absolute Gasteiger partial charge is 0.267 e. The summed E-state index contributed by atoms with van der Waals surface area (Å²) < 4.78 is 3.15. The summed E-state index contributed by atoms with van der Waals surface area (Å²) in [4.78, 5) is 29.6. The summed E-state index contributed by atoms with van der Waals surface area (Å²) in [6.07, 6.45) is 0. The van der Waals surface area contributed by atoms with Crippen molar-refractivity contribution in [2.24, 2.45) is 7.05 Å². The molecule has 2 heterocycles. The van der Waals surface area contributed by atoms with Crippen LogP contribution in [0.2, 0.25) is 0 Å². The average molecular weight is 430 g/mol. The molecule has 0 aliphatic heterocycles. The highest BCUT2D eigenvalue weighted by molar-refractivity contribution is 9.10. The van der Waals surface area contributed by atoms with Crippen LogP contribution in [0.1, 0.15) is 10.4 Å². The number of aryl methyl sites for hydroxylation is 1. The number of halogens is 1. The molecule has 4 aromatic rings. The predicted molar refractivity (Wildman–Crippen MR) is 106 cm³/mol. The quantitative estimate of drug-likeness (QED) is 0.506. The van der Waals surface area contributed by atoms with E-state index in [-0.39, 0.29) is 11.3 Å². The van der Waals surface area contributed by atoms with E-state index in [0.717, 1.165) is 14.7 Å². The lowest BCUT2D eigenvalue weighted by Gasteiger charge is -2.11. The van der Waals surface area contributed by atoms with Gasteiger partial charge in [-0.15, -0.1) is 0 Å². The van der Waals surface area contributed by atoms with E-state index in [4.69, 9.17) is 0 Å². The van der Waals surface area contributed by atoms with E-state index in [0.29, 0.717) is 16.0 Å². The number of thiazole rings is 1. The molecule has 6 nitrogen and oxygen atoms in total. The zero-order valence-corrected chi connectivity index (χ0v) is 15.9. The molecular weight excluding hydrogens is 418 g/mol. The summed E-state index contributed by atoms with van der Waals surface area (Å²) in [5.41, 5.74) is 0.426. The Kier molecular flexibility index (Phi) is 4.01. The maximum atomic E-state index is 12.7. The van der Waals surface area contributed by atoms with Gasteiger partial charge < -0.3 is 9.67 Å². The van der Waals surface area contributed by atoms with Crippen LogP contribution < -0.4 is 10.9 Å². The molecule has 0 bridgehead atoms. The molecule has 1 amide bonds. The van der Waals surface area contributed by atoms with Gasteiger partial charge in [-0.3, -0.25) is 14.9 Å². The summed E-state index contributed by atoms with van der Waals surface area (Å²) in [5.74, 6) is -1.02. The van der Waals surface area contributed by atoms with Crippen LogP contribution >= 0.6 is 27.3 Å². The first-order chi connectivity index (χ1) is 12.5. The Bertz CT molecular complexity index is 1250. The van der Waals surface area contributed by atoms with Crippen molar-refractivity contribution < 1.29 is 9.90 Å². The Labute approximate surface area is 159 Å². The molecule has 0 saturated heterocycles. The van der Waals surface area contributed by atoms with Gasteiger partial charge in [-0.2, -0.15) is 0 Å². The highest BCUT2D eigenvalue weighted by Crippen LogP contribution is 2.30. The molecule has 2 N–H and O–H groups in total. The number of rotatable bonds is 2. The number of pyridine rings is 1. The number of amides is 1. The second-order valence-corrected chi connectivity index (χ2v) is 7.64. The maximum absolute atomic E-state index is 12.7. The number of carbonyl (C=O) groups is 1. The van der Waals surface area contributed by atoms with Gasteiger partial charge in [0.2, 0.25) is 0 Å². The Morgan fingerprint density at radius 2 is 2.04 bits per heavy atom. The summed E-state index contributed by atoms with van der Waals surface area (Å²) in [6.45, 7) is 0. The van der Waals surface area contributed by atoms with E-state index in [1.54, 1.807) is 31.3 Å². The fourth-order valence-electron chi connectivity index (χ4n) is 2.80. The molecule has 0 unspecified atom stereocenters. The number of fused-ring (bicyclic) bond motifs is 2. The largest absolute Gasteiger partial charge is 0.506 e. The monoisotopic (exact) mass is 429 g/mol. The number of hydrogen-bond donors (Lipinski definition) is 2. The van der Waals surface area contributed by atoms with Gasteiger partial charge in [-0.05, 0) is 30.3 Å². The van der Waals surface area contributed by atoms with Crippen molar-refractivity contribution in [2.45, 2.75) is 0 Å². The number of nitrogens with one attached hydrogen (secondary N) is 1. The molecule has 4 rings (SSSR count). The SMILES string of the molecule is Cn1c(=O)c(C(=O)Nc2nc3ccc(Br)cc3s2)c(O)c2ccccc21. The van der Waals surface area contributed by atoms with E-state index in [2.05, 4.69) is 26.2 Å². The Balaban J connectivity index is 1.79. The van der Waals surface area contributed by atoms with Gasteiger partial charge in [0.1, 0.15) is 11.3 Å². The van der Waals surface area contributed by atoms with Gasteiger partial charge in [0.25, 0.3) is 11.5 Å². The second-order valence-electron chi connectivity index (χ2n) is 5.69. The first kappa shape index (κ1) is 16.7. The minimum absolute atomic E-state index is 0.299. The molecule has 0 aliphatic carbocycles. The predicted octanol–water partition coefficient (Wildman–Crippen LogP) is 3.87. The van der Waals surface area contributed by atoms with Gasteiger partial charge in [-0.25, -0.2) is 4.98 Å². The highest BCUT2D eigenvalue weighted by Gasteiger charge is 2.22. The van der Waals surface area contributed by atoms with E-state index < -0.39 is 11.5 Å². The molecule has 0 atom stereocenters. The zero-order chi connectivity index (χ0) is 18.4. The molecule has 130 valence electrons. The summed E-state index contributed by atoms with van der Waals surface area (Å²) >= 11 is 4.68. The van der Waals surface area contributed by atoms with Crippen LogP contribution in [-0.2, 0) is 7.05 Å². The highest BCUT2D eigenvalue weighted by atomic mass is 79.9. The average Bonchev–Trinajstić information content (AvgIpc) is 3.01. The van der Waals surface area contributed by atoms with Crippen molar-refractivity contribution in [3.63, 3.8) is 0 Å². The van der Waals surface area contributed by atoms with E-state index >= 15 is 0 Å². The number of nitrogens with zero attached hydrogens (tertiary/aromatic N) is 2. The van der Waals surface area contributed by atoms with Crippen LogP contribution in [0.5, 0.6) is 5.75 Å². The fraction of sp³-hybridized carbons (Fsp3) is 0.0556. The number of aromatic hydroxyl groups is 1. The topological polar surface area (TPSA) is 84.2 Å². The molecule has 0 spiro atoms. The molecule has 0 fully saturated rings. The minimum Gasteiger partial charge on any atom is -0.506 e. The van der Waals surface area contributed by atoms with Gasteiger partial charge in [0, 0.05) is 16.9 Å². The molecule has 0 radical (unpaired) electrons. The van der Waals surface area contributed by atoms with Crippen LogP contribution in [-0.4, -0.2) is 20.6 Å². The van der Waals surface area contributed by atoms with Crippen molar-refractivity contribution in [1.29, 1.82) is 0 Å². The first-order valence-corrected chi connectivity index (χ1v) is 9.25. The van der Waals surface area contributed by atoms with E-state index in [9.17, 15) is 14.7 Å². The Morgan fingerprint density at radius 3 is 2.85 bits per heavy atom. The fourth-order valence-corrected chi connectivity index (χ4v) is 4.21. The molecule has 26 heavy (non-hydrogen) atoms.